The minimum atomic E-state index is -4.32. The summed E-state index contributed by atoms with van der Waals surface area (Å²) in [5, 5.41) is 0. The molecule has 0 aliphatic carbocycles. The van der Waals surface area contributed by atoms with E-state index < -0.39 is 38.5 Å². The molecule has 0 fully saturated rings. The molecule has 0 aromatic heterocycles. The quantitative estimate of drug-likeness (QED) is 0.578. The Morgan fingerprint density at radius 2 is 1.48 bits per heavy atom. The molecule has 0 bridgehead atoms. The molecule has 3 rings (SSSR count). The van der Waals surface area contributed by atoms with Gasteiger partial charge in [0.15, 0.2) is 0 Å². The summed E-state index contributed by atoms with van der Waals surface area (Å²) in [5.41, 5.74) is 1.02. The maximum Gasteiger partial charge on any atom is 0.244 e. The normalized spacial score (nSPS) is 12.4. The van der Waals surface area contributed by atoms with Crippen molar-refractivity contribution in [2.24, 2.45) is 0 Å². The van der Waals surface area contributed by atoms with E-state index in [4.69, 9.17) is 0 Å². The van der Waals surface area contributed by atoms with Crippen molar-refractivity contribution in [3.63, 3.8) is 0 Å². The van der Waals surface area contributed by atoms with Gasteiger partial charge in [-0.05, 0) is 30.2 Å². The van der Waals surface area contributed by atoms with Crippen LogP contribution in [0, 0.1) is 11.6 Å². The highest BCUT2D eigenvalue weighted by Gasteiger charge is 2.30. The van der Waals surface area contributed by atoms with Gasteiger partial charge in [0.05, 0.1) is 0 Å². The van der Waals surface area contributed by atoms with Gasteiger partial charge in [0.2, 0.25) is 15.9 Å². The number of hydrogen-bond donors (Lipinski definition) is 1. The van der Waals surface area contributed by atoms with Crippen LogP contribution in [0.25, 0.3) is 0 Å². The Labute approximate surface area is 180 Å². The van der Waals surface area contributed by atoms with E-state index in [1.165, 1.54) is 30.1 Å². The van der Waals surface area contributed by atoms with Crippen molar-refractivity contribution >= 4 is 15.9 Å². The smallest absolute Gasteiger partial charge is 0.244 e. The van der Waals surface area contributed by atoms with E-state index in [1.54, 1.807) is 48.5 Å². The van der Waals surface area contributed by atoms with E-state index in [1.807, 2.05) is 0 Å². The number of rotatable bonds is 8. The van der Waals surface area contributed by atoms with Crippen molar-refractivity contribution in [2.45, 2.75) is 23.9 Å². The van der Waals surface area contributed by atoms with Crippen LogP contribution in [-0.2, 0) is 27.8 Å². The number of nitrogens with zero attached hydrogens (tertiary/aromatic N) is 1. The van der Waals surface area contributed by atoms with Gasteiger partial charge in [0, 0.05) is 19.2 Å². The lowest BCUT2D eigenvalue weighted by atomic mass is 10.1. The number of likely N-dealkylation sites (N-methyl/N-ethyl adjacent to an activating group) is 1. The van der Waals surface area contributed by atoms with Crippen LogP contribution in [0.15, 0.2) is 83.8 Å². The third-order valence-electron chi connectivity index (χ3n) is 4.75. The lowest BCUT2D eigenvalue weighted by Gasteiger charge is -2.25. The molecular formula is C23H22F2N2O3S. The van der Waals surface area contributed by atoms with E-state index in [-0.39, 0.29) is 13.0 Å². The molecule has 3 aromatic carbocycles. The molecule has 0 saturated carbocycles. The van der Waals surface area contributed by atoms with Crippen LogP contribution >= 0.6 is 0 Å². The number of carbonyl (C=O) groups is 1. The first-order chi connectivity index (χ1) is 14.8. The fourth-order valence-corrected chi connectivity index (χ4v) is 4.44. The SMILES string of the molecule is CN(Cc1ccccc1F)C(=O)C(Cc1ccccc1)NS(=O)(=O)c1ccccc1F. The zero-order valence-corrected chi connectivity index (χ0v) is 17.6. The topological polar surface area (TPSA) is 66.5 Å². The molecule has 0 heterocycles. The maximum absolute atomic E-state index is 14.1. The van der Waals surface area contributed by atoms with Crippen LogP contribution in [0.2, 0.25) is 0 Å². The summed E-state index contributed by atoms with van der Waals surface area (Å²) in [5.74, 6) is -1.94. The fraction of sp³-hybridized carbons (Fsp3) is 0.174. The summed E-state index contributed by atoms with van der Waals surface area (Å²) in [7, 11) is -2.85. The van der Waals surface area contributed by atoms with Crippen molar-refractivity contribution in [1.82, 2.24) is 9.62 Å². The summed E-state index contributed by atoms with van der Waals surface area (Å²) < 4.78 is 56.1. The second-order valence-electron chi connectivity index (χ2n) is 7.08. The third kappa shape index (κ3) is 5.74. The molecule has 8 heteroatoms. The molecule has 5 nitrogen and oxygen atoms in total. The van der Waals surface area contributed by atoms with Gasteiger partial charge >= 0.3 is 0 Å². The van der Waals surface area contributed by atoms with Crippen LogP contribution in [0.5, 0.6) is 0 Å². The standard InChI is InChI=1S/C23H22F2N2O3S/c1-27(16-18-11-5-6-12-19(18)24)23(28)21(15-17-9-3-2-4-10-17)26-31(29,30)22-14-8-7-13-20(22)25/h2-14,21,26H,15-16H2,1H3. The summed E-state index contributed by atoms with van der Waals surface area (Å²) >= 11 is 0. The lowest BCUT2D eigenvalue weighted by Crippen LogP contribution is -2.48. The third-order valence-corrected chi connectivity index (χ3v) is 6.25. The highest BCUT2D eigenvalue weighted by atomic mass is 32.2. The Hall–Kier alpha value is -3.10. The van der Waals surface area contributed by atoms with Gasteiger partial charge in [-0.1, -0.05) is 60.7 Å². The van der Waals surface area contributed by atoms with Crippen molar-refractivity contribution in [3.05, 3.63) is 102 Å². The molecule has 162 valence electrons. The van der Waals surface area contributed by atoms with Crippen LogP contribution in [-0.4, -0.2) is 32.3 Å². The van der Waals surface area contributed by atoms with E-state index >= 15 is 0 Å². The Morgan fingerprint density at radius 1 is 0.903 bits per heavy atom. The highest BCUT2D eigenvalue weighted by molar-refractivity contribution is 7.89. The monoisotopic (exact) mass is 444 g/mol. The average molecular weight is 445 g/mol. The second kappa shape index (κ2) is 9.80. The molecule has 0 aliphatic rings. The van der Waals surface area contributed by atoms with Gasteiger partial charge in [-0.25, -0.2) is 17.2 Å². The Morgan fingerprint density at radius 3 is 2.13 bits per heavy atom. The van der Waals surface area contributed by atoms with Crippen molar-refractivity contribution < 1.29 is 22.0 Å². The van der Waals surface area contributed by atoms with Gasteiger partial charge in [-0.3, -0.25) is 4.79 Å². The number of benzene rings is 3. The number of amides is 1. The Bertz CT molecular complexity index is 1150. The summed E-state index contributed by atoms with van der Waals surface area (Å²) in [6, 6.07) is 18.6. The molecule has 3 aromatic rings. The maximum atomic E-state index is 14.1. The molecule has 1 N–H and O–H groups in total. The summed E-state index contributed by atoms with van der Waals surface area (Å²) in [4.78, 5) is 13.8. The molecule has 31 heavy (non-hydrogen) atoms. The van der Waals surface area contributed by atoms with E-state index in [0.717, 1.165) is 17.7 Å². The van der Waals surface area contributed by atoms with Crippen LogP contribution in [0.4, 0.5) is 8.78 Å². The van der Waals surface area contributed by atoms with E-state index in [9.17, 15) is 22.0 Å². The molecule has 1 atom stereocenters. The van der Waals surface area contributed by atoms with Crippen LogP contribution in [0.3, 0.4) is 0 Å². The van der Waals surface area contributed by atoms with E-state index in [0.29, 0.717) is 5.56 Å². The van der Waals surface area contributed by atoms with Gasteiger partial charge in [0.25, 0.3) is 0 Å². The molecule has 0 saturated heterocycles. The van der Waals surface area contributed by atoms with Crippen molar-refractivity contribution in [1.29, 1.82) is 0 Å². The predicted octanol–water partition coefficient (Wildman–Crippen LogP) is 3.51. The molecule has 1 amide bonds. The molecular weight excluding hydrogens is 422 g/mol. The predicted molar refractivity (Wildman–Crippen MR) is 114 cm³/mol. The minimum Gasteiger partial charge on any atom is -0.340 e. The van der Waals surface area contributed by atoms with Gasteiger partial charge in [-0.15, -0.1) is 0 Å². The van der Waals surface area contributed by atoms with Gasteiger partial charge in [0.1, 0.15) is 22.6 Å². The van der Waals surface area contributed by atoms with Crippen molar-refractivity contribution in [3.8, 4) is 0 Å². The number of hydrogen-bond acceptors (Lipinski definition) is 3. The number of halogens is 2. The van der Waals surface area contributed by atoms with E-state index in [2.05, 4.69) is 4.72 Å². The molecule has 0 radical (unpaired) electrons. The summed E-state index contributed by atoms with van der Waals surface area (Å²) in [6.45, 7) is -0.0434. The van der Waals surface area contributed by atoms with Gasteiger partial charge < -0.3 is 4.90 Å². The fourth-order valence-electron chi connectivity index (χ4n) is 3.17. The highest BCUT2D eigenvalue weighted by Crippen LogP contribution is 2.17. The Kier molecular flexibility index (Phi) is 7.14. The number of nitrogens with one attached hydrogen (secondary N) is 1. The van der Waals surface area contributed by atoms with Gasteiger partial charge in [-0.2, -0.15) is 4.72 Å². The second-order valence-corrected chi connectivity index (χ2v) is 8.76. The Balaban J connectivity index is 1.88. The first-order valence-corrected chi connectivity index (χ1v) is 11.1. The van der Waals surface area contributed by atoms with Crippen molar-refractivity contribution in [2.75, 3.05) is 7.05 Å². The number of carbonyl (C=O) groups excluding carboxylic acids is 1. The molecule has 1 unspecified atom stereocenters. The van der Waals surface area contributed by atoms with Crippen LogP contribution in [0.1, 0.15) is 11.1 Å². The molecule has 0 spiro atoms. The largest absolute Gasteiger partial charge is 0.340 e. The first kappa shape index (κ1) is 22.6. The average Bonchev–Trinajstić information content (AvgIpc) is 2.75. The zero-order valence-electron chi connectivity index (χ0n) is 16.8. The number of sulfonamides is 1. The zero-order chi connectivity index (χ0) is 22.4. The minimum absolute atomic E-state index is 0.0434. The first-order valence-electron chi connectivity index (χ1n) is 9.57. The molecule has 0 aliphatic heterocycles. The van der Waals surface area contributed by atoms with Crippen LogP contribution < -0.4 is 4.72 Å². The lowest BCUT2D eigenvalue weighted by molar-refractivity contribution is -0.132. The summed E-state index contributed by atoms with van der Waals surface area (Å²) in [6.07, 6.45) is 0.0506.